The first-order valence-electron chi connectivity index (χ1n) is 12.7. The number of amidine groups is 1. The van der Waals surface area contributed by atoms with Gasteiger partial charge in [-0.15, -0.1) is 0 Å². The summed E-state index contributed by atoms with van der Waals surface area (Å²) in [5, 5.41) is 6.14. The predicted molar refractivity (Wildman–Crippen MR) is 134 cm³/mol. The Morgan fingerprint density at radius 2 is 1.30 bits per heavy atom. The Morgan fingerprint density at radius 1 is 0.733 bits per heavy atom. The van der Waals surface area contributed by atoms with Gasteiger partial charge < -0.3 is 5.32 Å². The zero-order valence-corrected chi connectivity index (χ0v) is 19.4. The Kier molecular flexibility index (Phi) is 9.73. The van der Waals surface area contributed by atoms with Crippen LogP contribution in [0.2, 0.25) is 0 Å². The van der Waals surface area contributed by atoms with Crippen LogP contribution in [0.5, 0.6) is 0 Å². The smallest absolute Gasteiger partial charge is 0.109 e. The molecule has 1 heterocycles. The minimum Gasteiger partial charge on any atom is -0.343 e. The fourth-order valence-corrected chi connectivity index (χ4v) is 4.65. The van der Waals surface area contributed by atoms with E-state index in [1.807, 2.05) is 0 Å². The molecule has 1 aliphatic rings. The highest BCUT2D eigenvalue weighted by Gasteiger charge is 2.18. The lowest BCUT2D eigenvalue weighted by Crippen LogP contribution is -2.22. The van der Waals surface area contributed by atoms with Crippen LogP contribution in [0.25, 0.3) is 10.8 Å². The van der Waals surface area contributed by atoms with Gasteiger partial charge in [-0.1, -0.05) is 122 Å². The summed E-state index contributed by atoms with van der Waals surface area (Å²) >= 11 is 0. The molecule has 2 nitrogen and oxygen atoms in total. The molecular formula is C28H42N2. The Hall–Kier alpha value is -1.83. The first-order valence-corrected chi connectivity index (χ1v) is 12.7. The summed E-state index contributed by atoms with van der Waals surface area (Å²) in [6.45, 7) is 4.61. The van der Waals surface area contributed by atoms with E-state index in [4.69, 9.17) is 4.99 Å². The van der Waals surface area contributed by atoms with Crippen molar-refractivity contribution in [3.05, 3.63) is 36.4 Å². The number of rotatable bonds is 15. The van der Waals surface area contributed by atoms with Gasteiger partial charge in [-0.05, 0) is 23.9 Å². The van der Waals surface area contributed by atoms with E-state index < -0.39 is 0 Å². The molecule has 0 saturated carbocycles. The molecule has 2 heteroatoms. The van der Waals surface area contributed by atoms with E-state index in [2.05, 4.69) is 55.6 Å². The molecule has 0 amide bonds. The Balaban J connectivity index is 1.27. The summed E-state index contributed by atoms with van der Waals surface area (Å²) in [6.07, 6.45) is 19.6. The zero-order chi connectivity index (χ0) is 21.0. The van der Waals surface area contributed by atoms with Gasteiger partial charge in [0, 0.05) is 17.0 Å². The van der Waals surface area contributed by atoms with Crippen LogP contribution in [-0.4, -0.2) is 5.84 Å². The summed E-state index contributed by atoms with van der Waals surface area (Å²) < 4.78 is 0. The van der Waals surface area contributed by atoms with E-state index in [9.17, 15) is 0 Å². The topological polar surface area (TPSA) is 24.4 Å². The van der Waals surface area contributed by atoms with Crippen molar-refractivity contribution in [2.45, 2.75) is 104 Å². The molecule has 0 aliphatic carbocycles. The lowest BCUT2D eigenvalue weighted by molar-refractivity contribution is 0.525. The van der Waals surface area contributed by atoms with Crippen molar-refractivity contribution in [1.29, 1.82) is 0 Å². The third-order valence-electron chi connectivity index (χ3n) is 6.59. The third-order valence-corrected chi connectivity index (χ3v) is 6.59. The van der Waals surface area contributed by atoms with Crippen LogP contribution < -0.4 is 5.32 Å². The molecule has 0 fully saturated rings. The molecule has 164 valence electrons. The molecule has 0 saturated heterocycles. The van der Waals surface area contributed by atoms with Crippen molar-refractivity contribution in [3.8, 4) is 0 Å². The molecular weight excluding hydrogens is 364 g/mol. The van der Waals surface area contributed by atoms with Crippen molar-refractivity contribution in [2.75, 3.05) is 5.32 Å². The van der Waals surface area contributed by atoms with Crippen LogP contribution in [-0.2, 0) is 0 Å². The van der Waals surface area contributed by atoms with E-state index in [-0.39, 0.29) is 0 Å². The van der Waals surface area contributed by atoms with Gasteiger partial charge in [0.2, 0.25) is 0 Å². The summed E-state index contributed by atoms with van der Waals surface area (Å²) in [4.78, 5) is 4.95. The minimum atomic E-state index is 0.487. The van der Waals surface area contributed by atoms with Crippen LogP contribution in [0.15, 0.2) is 41.4 Å². The van der Waals surface area contributed by atoms with Gasteiger partial charge in [0.25, 0.3) is 0 Å². The number of nitrogens with one attached hydrogen (secondary N) is 1. The van der Waals surface area contributed by atoms with Crippen LogP contribution in [0, 0.1) is 5.92 Å². The number of hydrogen-bond acceptors (Lipinski definition) is 2. The summed E-state index contributed by atoms with van der Waals surface area (Å²) in [7, 11) is 0. The summed E-state index contributed by atoms with van der Waals surface area (Å²) in [6, 6.07) is 12.9. The minimum absolute atomic E-state index is 0.487. The first kappa shape index (κ1) is 22.8. The van der Waals surface area contributed by atoms with Crippen molar-refractivity contribution >= 4 is 28.0 Å². The molecule has 1 unspecified atom stereocenters. The highest BCUT2D eigenvalue weighted by atomic mass is 15.0. The maximum atomic E-state index is 4.95. The predicted octanol–water partition coefficient (Wildman–Crippen LogP) is 9.41. The molecule has 0 spiro atoms. The summed E-state index contributed by atoms with van der Waals surface area (Å²) in [5.74, 6) is 1.63. The fraction of sp³-hybridized carbons (Fsp3) is 0.607. The molecule has 0 radical (unpaired) electrons. The second kappa shape index (κ2) is 12.8. The molecule has 2 aromatic carbocycles. The summed E-state index contributed by atoms with van der Waals surface area (Å²) in [5.41, 5.74) is 2.33. The molecule has 1 aliphatic heterocycles. The third kappa shape index (κ3) is 6.86. The largest absolute Gasteiger partial charge is 0.343 e. The van der Waals surface area contributed by atoms with E-state index in [1.165, 1.54) is 106 Å². The van der Waals surface area contributed by atoms with Gasteiger partial charge in [0.05, 0.1) is 5.69 Å². The fourth-order valence-electron chi connectivity index (χ4n) is 4.65. The maximum absolute atomic E-state index is 4.95. The van der Waals surface area contributed by atoms with Crippen LogP contribution in [0.4, 0.5) is 11.4 Å². The van der Waals surface area contributed by atoms with Gasteiger partial charge in [0.15, 0.2) is 0 Å². The molecule has 0 aromatic heterocycles. The van der Waals surface area contributed by atoms with Crippen LogP contribution in [0.1, 0.15) is 104 Å². The highest BCUT2D eigenvalue weighted by Crippen LogP contribution is 2.36. The second-order valence-corrected chi connectivity index (χ2v) is 9.24. The lowest BCUT2D eigenvalue weighted by Gasteiger charge is -2.23. The number of unbranched alkanes of at least 4 members (excludes halogenated alkanes) is 12. The van der Waals surface area contributed by atoms with Crippen molar-refractivity contribution in [1.82, 2.24) is 0 Å². The van der Waals surface area contributed by atoms with Crippen molar-refractivity contribution < 1.29 is 0 Å². The average molecular weight is 407 g/mol. The van der Waals surface area contributed by atoms with Gasteiger partial charge in [0.1, 0.15) is 5.84 Å². The maximum Gasteiger partial charge on any atom is 0.109 e. The standard InChI is InChI=1S/C28H42N2/c1-3-4-5-6-7-8-9-10-11-12-13-14-15-18-23(2)28-29-25-21-16-19-24-20-17-22-26(30-28)27(24)25/h16-17,19-23H,3-15,18H2,1-2H3,(H,29,30). The Bertz CT molecular complexity index is 787. The van der Waals surface area contributed by atoms with E-state index in [0.717, 1.165) is 11.5 Å². The van der Waals surface area contributed by atoms with Gasteiger partial charge in [-0.3, -0.25) is 0 Å². The van der Waals surface area contributed by atoms with Crippen molar-refractivity contribution in [3.63, 3.8) is 0 Å². The van der Waals surface area contributed by atoms with Crippen molar-refractivity contribution in [2.24, 2.45) is 10.9 Å². The average Bonchev–Trinajstić information content (AvgIpc) is 2.77. The van der Waals surface area contributed by atoms with Crippen LogP contribution in [0.3, 0.4) is 0 Å². The van der Waals surface area contributed by atoms with E-state index in [0.29, 0.717) is 5.92 Å². The second-order valence-electron chi connectivity index (χ2n) is 9.24. The molecule has 30 heavy (non-hydrogen) atoms. The molecule has 3 rings (SSSR count). The monoisotopic (exact) mass is 406 g/mol. The Morgan fingerprint density at radius 3 is 1.93 bits per heavy atom. The molecule has 1 N–H and O–H groups in total. The van der Waals surface area contributed by atoms with Gasteiger partial charge >= 0.3 is 0 Å². The van der Waals surface area contributed by atoms with E-state index in [1.54, 1.807) is 0 Å². The molecule has 1 atom stereocenters. The Labute approximate surface area is 184 Å². The van der Waals surface area contributed by atoms with Crippen LogP contribution >= 0.6 is 0 Å². The molecule has 2 aromatic rings. The number of aliphatic imine (C=N–C) groups is 1. The van der Waals surface area contributed by atoms with Gasteiger partial charge in [-0.25, -0.2) is 4.99 Å². The number of benzene rings is 2. The van der Waals surface area contributed by atoms with Gasteiger partial charge in [-0.2, -0.15) is 0 Å². The normalized spacial score (nSPS) is 13.9. The van der Waals surface area contributed by atoms with E-state index >= 15 is 0 Å². The number of hydrogen-bond donors (Lipinski definition) is 1. The lowest BCUT2D eigenvalue weighted by atomic mass is 9.98. The highest BCUT2D eigenvalue weighted by molar-refractivity contribution is 6.14. The first-order chi connectivity index (χ1) is 14.8. The SMILES string of the molecule is CCCCCCCCCCCCCCCC(C)C1=Nc2cccc3cccc(c23)N1. The quantitative estimate of drug-likeness (QED) is 0.293. The molecule has 0 bridgehead atoms. The zero-order valence-electron chi connectivity index (χ0n) is 19.4. The number of nitrogens with zero attached hydrogens (tertiary/aromatic N) is 1. The number of anilines is 1.